The highest BCUT2D eigenvalue weighted by molar-refractivity contribution is 5.87. The summed E-state index contributed by atoms with van der Waals surface area (Å²) in [5.74, 6) is 1.25. The molecule has 3 heterocycles. The van der Waals surface area contributed by atoms with E-state index in [0.717, 1.165) is 96.9 Å². The molecule has 0 saturated carbocycles. The van der Waals surface area contributed by atoms with Crippen LogP contribution in [-0.4, -0.2) is 85.7 Å². The maximum absolute atomic E-state index is 13.0. The Morgan fingerprint density at radius 1 is 1.10 bits per heavy atom. The van der Waals surface area contributed by atoms with Crippen molar-refractivity contribution in [3.8, 4) is 5.75 Å². The molecule has 0 aliphatic carbocycles. The fourth-order valence-electron chi connectivity index (χ4n) is 5.12. The zero-order valence-corrected chi connectivity index (χ0v) is 17.8. The number of likely N-dealkylation sites (N-methyl/N-ethyl adjacent to an activating group) is 1. The molecule has 1 spiro atoms. The first-order valence-corrected chi connectivity index (χ1v) is 11.2. The lowest BCUT2D eigenvalue weighted by Gasteiger charge is -2.43. The van der Waals surface area contributed by atoms with Gasteiger partial charge >= 0.3 is 0 Å². The molecule has 29 heavy (non-hydrogen) atoms. The quantitative estimate of drug-likeness (QED) is 0.657. The van der Waals surface area contributed by atoms with Crippen LogP contribution in [-0.2, 0) is 16.1 Å². The molecule has 1 aromatic carbocycles. The summed E-state index contributed by atoms with van der Waals surface area (Å²) in [5.41, 5.74) is 0.958. The van der Waals surface area contributed by atoms with Gasteiger partial charge in [-0.25, -0.2) is 0 Å². The van der Waals surface area contributed by atoms with Gasteiger partial charge in [-0.3, -0.25) is 14.6 Å². The number of amides is 1. The fourth-order valence-corrected chi connectivity index (χ4v) is 5.12. The number of piperidine rings is 1. The predicted octanol–water partition coefficient (Wildman–Crippen LogP) is 2.37. The summed E-state index contributed by atoms with van der Waals surface area (Å²) >= 11 is 0. The first kappa shape index (κ1) is 20.6. The number of nitrogens with zero attached hydrogens (tertiary/aromatic N) is 3. The van der Waals surface area contributed by atoms with Crippen LogP contribution in [0.4, 0.5) is 0 Å². The normalized spacial score (nSPS) is 26.4. The van der Waals surface area contributed by atoms with E-state index in [0.29, 0.717) is 5.91 Å². The van der Waals surface area contributed by atoms with Crippen molar-refractivity contribution in [1.82, 2.24) is 14.7 Å². The van der Waals surface area contributed by atoms with E-state index in [1.165, 1.54) is 5.56 Å². The van der Waals surface area contributed by atoms with Gasteiger partial charge in [0.15, 0.2) is 0 Å². The molecular formula is C23H35N3O3. The maximum Gasteiger partial charge on any atom is 0.242 e. The van der Waals surface area contributed by atoms with Crippen LogP contribution in [0.5, 0.6) is 5.75 Å². The van der Waals surface area contributed by atoms with Crippen molar-refractivity contribution < 1.29 is 14.3 Å². The standard InChI is InChI=1S/C23H35N3O3/c1-24-10-3-8-23(22(24)27)9-4-12-26(23)19-20-6-2-7-21(18-20)29-15-5-11-25-13-16-28-17-14-25/h2,6-7,18H,3-5,8-17,19H2,1H3. The number of hydrogen-bond donors (Lipinski definition) is 0. The molecule has 6 heteroatoms. The third-order valence-electron chi connectivity index (χ3n) is 6.72. The number of carbonyl (C=O) groups is 1. The highest BCUT2D eigenvalue weighted by atomic mass is 16.5. The van der Waals surface area contributed by atoms with Gasteiger partial charge in [-0.15, -0.1) is 0 Å². The van der Waals surface area contributed by atoms with Gasteiger partial charge < -0.3 is 14.4 Å². The van der Waals surface area contributed by atoms with E-state index in [4.69, 9.17) is 9.47 Å². The van der Waals surface area contributed by atoms with Crippen molar-refractivity contribution in [3.63, 3.8) is 0 Å². The first-order valence-electron chi connectivity index (χ1n) is 11.2. The highest BCUT2D eigenvalue weighted by Crippen LogP contribution is 2.38. The minimum Gasteiger partial charge on any atom is -0.494 e. The molecule has 3 aliphatic heterocycles. The Kier molecular flexibility index (Phi) is 6.73. The molecule has 1 amide bonds. The van der Waals surface area contributed by atoms with Crippen LogP contribution in [0.25, 0.3) is 0 Å². The Hall–Kier alpha value is -1.63. The molecule has 160 valence electrons. The van der Waals surface area contributed by atoms with Gasteiger partial charge in [-0.1, -0.05) is 12.1 Å². The summed E-state index contributed by atoms with van der Waals surface area (Å²) in [5, 5.41) is 0. The molecule has 1 aromatic rings. The van der Waals surface area contributed by atoms with Crippen LogP contribution in [0.1, 0.15) is 37.7 Å². The SMILES string of the molecule is CN1CCCC2(CCCN2Cc2cccc(OCCCN3CCOCC3)c2)C1=O. The lowest BCUT2D eigenvalue weighted by Crippen LogP contribution is -2.58. The summed E-state index contributed by atoms with van der Waals surface area (Å²) in [7, 11) is 1.95. The number of hydrogen-bond acceptors (Lipinski definition) is 5. The smallest absolute Gasteiger partial charge is 0.242 e. The molecule has 1 unspecified atom stereocenters. The van der Waals surface area contributed by atoms with E-state index in [1.807, 2.05) is 18.0 Å². The molecular weight excluding hydrogens is 366 g/mol. The average Bonchev–Trinajstić information content (AvgIpc) is 3.13. The number of carbonyl (C=O) groups excluding carboxylic acids is 1. The van der Waals surface area contributed by atoms with Crippen molar-refractivity contribution in [3.05, 3.63) is 29.8 Å². The lowest BCUT2D eigenvalue weighted by molar-refractivity contribution is -0.146. The minimum atomic E-state index is -0.276. The van der Waals surface area contributed by atoms with E-state index in [2.05, 4.69) is 28.0 Å². The Morgan fingerprint density at radius 3 is 2.72 bits per heavy atom. The van der Waals surface area contributed by atoms with Crippen molar-refractivity contribution in [2.75, 3.05) is 59.6 Å². The first-order chi connectivity index (χ1) is 14.2. The molecule has 0 N–H and O–H groups in total. The number of morpholine rings is 1. The van der Waals surface area contributed by atoms with Gasteiger partial charge in [0, 0.05) is 39.8 Å². The van der Waals surface area contributed by atoms with Crippen molar-refractivity contribution in [1.29, 1.82) is 0 Å². The monoisotopic (exact) mass is 401 g/mol. The Morgan fingerprint density at radius 2 is 1.90 bits per heavy atom. The minimum absolute atomic E-state index is 0.276. The second kappa shape index (κ2) is 9.45. The Labute approximate surface area is 174 Å². The third-order valence-corrected chi connectivity index (χ3v) is 6.72. The molecule has 0 radical (unpaired) electrons. The van der Waals surface area contributed by atoms with Crippen LogP contribution >= 0.6 is 0 Å². The summed E-state index contributed by atoms with van der Waals surface area (Å²) in [6.07, 6.45) is 5.23. The number of ether oxygens (including phenoxy) is 2. The second-order valence-electron chi connectivity index (χ2n) is 8.69. The summed E-state index contributed by atoms with van der Waals surface area (Å²) in [6.45, 7) is 8.27. The topological polar surface area (TPSA) is 45.2 Å². The van der Waals surface area contributed by atoms with E-state index in [-0.39, 0.29) is 5.54 Å². The molecule has 3 aliphatic rings. The predicted molar refractivity (Wildman–Crippen MR) is 113 cm³/mol. The third kappa shape index (κ3) is 4.76. The largest absolute Gasteiger partial charge is 0.494 e. The fraction of sp³-hybridized carbons (Fsp3) is 0.696. The molecule has 4 rings (SSSR count). The zero-order valence-electron chi connectivity index (χ0n) is 17.8. The van der Waals surface area contributed by atoms with E-state index in [9.17, 15) is 4.79 Å². The molecule has 3 fully saturated rings. The van der Waals surface area contributed by atoms with Crippen LogP contribution < -0.4 is 4.74 Å². The van der Waals surface area contributed by atoms with Gasteiger partial charge in [-0.2, -0.15) is 0 Å². The van der Waals surface area contributed by atoms with Crippen LogP contribution in [0.3, 0.4) is 0 Å². The average molecular weight is 402 g/mol. The summed E-state index contributed by atoms with van der Waals surface area (Å²) < 4.78 is 11.4. The van der Waals surface area contributed by atoms with Gasteiger partial charge in [0.25, 0.3) is 0 Å². The molecule has 3 saturated heterocycles. The molecule has 6 nitrogen and oxygen atoms in total. The van der Waals surface area contributed by atoms with Crippen molar-refractivity contribution in [2.45, 2.75) is 44.2 Å². The summed E-state index contributed by atoms with van der Waals surface area (Å²) in [6, 6.07) is 8.42. The van der Waals surface area contributed by atoms with Crippen LogP contribution in [0, 0.1) is 0 Å². The van der Waals surface area contributed by atoms with E-state index >= 15 is 0 Å². The molecule has 0 bridgehead atoms. The van der Waals surface area contributed by atoms with E-state index < -0.39 is 0 Å². The highest BCUT2D eigenvalue weighted by Gasteiger charge is 2.49. The maximum atomic E-state index is 13.0. The van der Waals surface area contributed by atoms with Crippen molar-refractivity contribution in [2.24, 2.45) is 0 Å². The number of benzene rings is 1. The van der Waals surface area contributed by atoms with Crippen LogP contribution in [0.15, 0.2) is 24.3 Å². The number of likely N-dealkylation sites (tertiary alicyclic amines) is 2. The zero-order chi connectivity index (χ0) is 20.1. The Balaban J connectivity index is 1.31. The molecule has 1 atom stereocenters. The van der Waals surface area contributed by atoms with Crippen LogP contribution in [0.2, 0.25) is 0 Å². The van der Waals surface area contributed by atoms with Crippen molar-refractivity contribution >= 4 is 5.91 Å². The number of rotatable bonds is 7. The van der Waals surface area contributed by atoms with Gasteiger partial charge in [0.2, 0.25) is 5.91 Å². The lowest BCUT2D eigenvalue weighted by atomic mass is 9.85. The van der Waals surface area contributed by atoms with Gasteiger partial charge in [0.05, 0.1) is 19.8 Å². The Bertz CT molecular complexity index is 692. The van der Waals surface area contributed by atoms with Gasteiger partial charge in [-0.05, 0) is 56.3 Å². The van der Waals surface area contributed by atoms with E-state index in [1.54, 1.807) is 0 Å². The second-order valence-corrected chi connectivity index (χ2v) is 8.69. The van der Waals surface area contributed by atoms with Gasteiger partial charge in [0.1, 0.15) is 11.3 Å². The molecule has 0 aromatic heterocycles. The summed E-state index contributed by atoms with van der Waals surface area (Å²) in [4.78, 5) is 19.8.